The molecule has 118 valence electrons. The van der Waals surface area contributed by atoms with E-state index < -0.39 is 5.60 Å². The Labute approximate surface area is 129 Å². The average molecular weight is 302 g/mol. The van der Waals surface area contributed by atoms with Gasteiger partial charge < -0.3 is 14.6 Å². The maximum Gasteiger partial charge on any atom is 0.410 e. The number of ether oxygens (including phenoxy) is 1. The number of amides is 1. The molecule has 22 heavy (non-hydrogen) atoms. The number of piperidine rings is 1. The van der Waals surface area contributed by atoms with E-state index in [9.17, 15) is 4.79 Å². The van der Waals surface area contributed by atoms with Crippen LogP contribution in [0.1, 0.15) is 45.4 Å². The Morgan fingerprint density at radius 3 is 2.77 bits per heavy atom. The molecular formula is C16H22N4O2. The largest absolute Gasteiger partial charge is 0.444 e. The molecule has 1 amide bonds. The standard InChI is InChI=1S/C16H22N4O2/c1-16(2,3)22-15(21)20-8-5-11(6-9-20)13-18-10-12-4-7-17-14(12)19-13/h4,7,10-11H,5-6,8-9H2,1-3H3,(H,17,18,19). The molecule has 0 aliphatic carbocycles. The first kappa shape index (κ1) is 14.8. The van der Waals surface area contributed by atoms with E-state index in [2.05, 4.69) is 15.0 Å². The van der Waals surface area contributed by atoms with Crippen LogP contribution in [-0.4, -0.2) is 44.6 Å². The van der Waals surface area contributed by atoms with Crippen molar-refractivity contribution in [2.45, 2.75) is 45.1 Å². The van der Waals surface area contributed by atoms with Gasteiger partial charge in [-0.1, -0.05) is 0 Å². The van der Waals surface area contributed by atoms with Crippen LogP contribution in [0.3, 0.4) is 0 Å². The summed E-state index contributed by atoms with van der Waals surface area (Å²) in [6, 6.07) is 1.96. The molecule has 6 nitrogen and oxygen atoms in total. The van der Waals surface area contributed by atoms with Gasteiger partial charge in [0.05, 0.1) is 0 Å². The lowest BCUT2D eigenvalue weighted by Gasteiger charge is -2.32. The van der Waals surface area contributed by atoms with Crippen LogP contribution in [0, 0.1) is 0 Å². The molecule has 2 aromatic heterocycles. The van der Waals surface area contributed by atoms with E-state index in [0.717, 1.165) is 29.7 Å². The first-order chi connectivity index (χ1) is 10.4. The van der Waals surface area contributed by atoms with Gasteiger partial charge in [0, 0.05) is 36.8 Å². The van der Waals surface area contributed by atoms with Crippen molar-refractivity contribution < 1.29 is 9.53 Å². The third kappa shape index (κ3) is 3.21. The summed E-state index contributed by atoms with van der Waals surface area (Å²) in [5, 5.41) is 1.02. The third-order valence-corrected chi connectivity index (χ3v) is 3.83. The molecule has 3 heterocycles. The van der Waals surface area contributed by atoms with Crippen molar-refractivity contribution >= 4 is 17.1 Å². The zero-order chi connectivity index (χ0) is 15.7. The number of likely N-dealkylation sites (tertiary alicyclic amines) is 1. The Morgan fingerprint density at radius 1 is 1.36 bits per heavy atom. The quantitative estimate of drug-likeness (QED) is 0.878. The molecule has 0 atom stereocenters. The van der Waals surface area contributed by atoms with Crippen molar-refractivity contribution in [1.29, 1.82) is 0 Å². The van der Waals surface area contributed by atoms with Crippen LogP contribution in [0.15, 0.2) is 18.5 Å². The second-order valence-electron chi connectivity index (χ2n) is 6.75. The van der Waals surface area contributed by atoms with Crippen LogP contribution < -0.4 is 0 Å². The number of carbonyl (C=O) groups excluding carboxylic acids is 1. The fraction of sp³-hybridized carbons (Fsp3) is 0.562. The van der Waals surface area contributed by atoms with E-state index in [0.29, 0.717) is 19.0 Å². The van der Waals surface area contributed by atoms with E-state index in [1.165, 1.54) is 0 Å². The number of rotatable bonds is 1. The molecule has 6 heteroatoms. The lowest BCUT2D eigenvalue weighted by Crippen LogP contribution is -2.41. The van der Waals surface area contributed by atoms with E-state index in [4.69, 9.17) is 4.74 Å². The summed E-state index contributed by atoms with van der Waals surface area (Å²) in [6.07, 6.45) is 5.23. The molecule has 1 aliphatic rings. The average Bonchev–Trinajstić information content (AvgIpc) is 2.93. The summed E-state index contributed by atoms with van der Waals surface area (Å²) < 4.78 is 5.42. The summed E-state index contributed by atoms with van der Waals surface area (Å²) in [6.45, 7) is 7.03. The number of fused-ring (bicyclic) bond motifs is 1. The maximum atomic E-state index is 12.1. The summed E-state index contributed by atoms with van der Waals surface area (Å²) in [5.41, 5.74) is 0.426. The fourth-order valence-corrected chi connectivity index (χ4v) is 2.70. The van der Waals surface area contributed by atoms with E-state index >= 15 is 0 Å². The van der Waals surface area contributed by atoms with Crippen LogP contribution in [0.5, 0.6) is 0 Å². The highest BCUT2D eigenvalue weighted by Gasteiger charge is 2.28. The minimum atomic E-state index is -0.449. The molecule has 0 radical (unpaired) electrons. The second-order valence-corrected chi connectivity index (χ2v) is 6.75. The highest BCUT2D eigenvalue weighted by molar-refractivity contribution is 5.74. The number of aromatic nitrogens is 3. The van der Waals surface area contributed by atoms with Gasteiger partial charge in [0.25, 0.3) is 0 Å². The number of aromatic amines is 1. The van der Waals surface area contributed by atoms with Gasteiger partial charge in [-0.25, -0.2) is 14.8 Å². The molecule has 0 saturated carbocycles. The fourth-order valence-electron chi connectivity index (χ4n) is 2.70. The Balaban J connectivity index is 1.62. The van der Waals surface area contributed by atoms with Gasteiger partial charge in [-0.05, 0) is 39.7 Å². The maximum absolute atomic E-state index is 12.1. The van der Waals surface area contributed by atoms with Crippen LogP contribution in [0.2, 0.25) is 0 Å². The first-order valence-electron chi connectivity index (χ1n) is 7.70. The van der Waals surface area contributed by atoms with Crippen molar-refractivity contribution in [1.82, 2.24) is 19.9 Å². The summed E-state index contributed by atoms with van der Waals surface area (Å²) in [5.74, 6) is 1.16. The van der Waals surface area contributed by atoms with Crippen LogP contribution >= 0.6 is 0 Å². The molecule has 1 aliphatic heterocycles. The second kappa shape index (κ2) is 5.59. The molecule has 1 fully saturated rings. The smallest absolute Gasteiger partial charge is 0.410 e. The first-order valence-corrected chi connectivity index (χ1v) is 7.70. The Hall–Kier alpha value is -2.11. The molecule has 3 rings (SSSR count). The van der Waals surface area contributed by atoms with Crippen LogP contribution in [0.25, 0.3) is 11.0 Å². The summed E-state index contributed by atoms with van der Waals surface area (Å²) in [7, 11) is 0. The number of nitrogens with zero attached hydrogens (tertiary/aromatic N) is 3. The molecule has 1 N–H and O–H groups in total. The van der Waals surface area contributed by atoms with Crippen molar-refractivity contribution in [3.05, 3.63) is 24.3 Å². The molecule has 0 spiro atoms. The lowest BCUT2D eigenvalue weighted by atomic mass is 9.96. The lowest BCUT2D eigenvalue weighted by molar-refractivity contribution is 0.0203. The number of hydrogen-bond acceptors (Lipinski definition) is 4. The molecular weight excluding hydrogens is 280 g/mol. The van der Waals surface area contributed by atoms with Crippen molar-refractivity contribution in [2.24, 2.45) is 0 Å². The molecule has 0 bridgehead atoms. The van der Waals surface area contributed by atoms with Crippen LogP contribution in [0.4, 0.5) is 4.79 Å². The Kier molecular flexibility index (Phi) is 3.76. The van der Waals surface area contributed by atoms with Gasteiger partial charge in [0.15, 0.2) is 0 Å². The zero-order valence-electron chi connectivity index (χ0n) is 13.3. The van der Waals surface area contributed by atoms with Gasteiger partial charge in [0.1, 0.15) is 17.1 Å². The van der Waals surface area contributed by atoms with Gasteiger partial charge in [-0.15, -0.1) is 0 Å². The number of carbonyl (C=O) groups is 1. The number of hydrogen-bond donors (Lipinski definition) is 1. The topological polar surface area (TPSA) is 71.1 Å². The zero-order valence-corrected chi connectivity index (χ0v) is 13.3. The monoisotopic (exact) mass is 302 g/mol. The molecule has 2 aromatic rings. The molecule has 0 unspecified atom stereocenters. The van der Waals surface area contributed by atoms with Crippen molar-refractivity contribution in [2.75, 3.05) is 13.1 Å². The van der Waals surface area contributed by atoms with E-state index in [-0.39, 0.29) is 6.09 Å². The molecule has 1 saturated heterocycles. The SMILES string of the molecule is CC(C)(C)OC(=O)N1CCC(c2ncc3cc[nH]c3n2)CC1. The van der Waals surface area contributed by atoms with E-state index in [1.54, 1.807) is 4.90 Å². The summed E-state index contributed by atoms with van der Waals surface area (Å²) in [4.78, 5) is 26.0. The normalized spacial score (nSPS) is 17.0. The third-order valence-electron chi connectivity index (χ3n) is 3.83. The predicted molar refractivity (Wildman–Crippen MR) is 83.7 cm³/mol. The van der Waals surface area contributed by atoms with Crippen LogP contribution in [-0.2, 0) is 4.74 Å². The number of nitrogens with one attached hydrogen (secondary N) is 1. The molecule has 0 aromatic carbocycles. The van der Waals surface area contributed by atoms with Gasteiger partial charge >= 0.3 is 6.09 Å². The van der Waals surface area contributed by atoms with Gasteiger partial charge in [-0.3, -0.25) is 0 Å². The highest BCUT2D eigenvalue weighted by Crippen LogP contribution is 2.27. The Bertz CT molecular complexity index is 666. The van der Waals surface area contributed by atoms with Gasteiger partial charge in [-0.2, -0.15) is 0 Å². The highest BCUT2D eigenvalue weighted by atomic mass is 16.6. The summed E-state index contributed by atoms with van der Waals surface area (Å²) >= 11 is 0. The minimum absolute atomic E-state index is 0.230. The van der Waals surface area contributed by atoms with E-state index in [1.807, 2.05) is 39.2 Å². The number of H-pyrrole nitrogens is 1. The Morgan fingerprint density at radius 2 is 2.09 bits per heavy atom. The predicted octanol–water partition coefficient (Wildman–Crippen LogP) is 3.07. The van der Waals surface area contributed by atoms with Gasteiger partial charge in [0.2, 0.25) is 0 Å². The minimum Gasteiger partial charge on any atom is -0.444 e. The van der Waals surface area contributed by atoms with Crippen molar-refractivity contribution in [3.8, 4) is 0 Å². The van der Waals surface area contributed by atoms with Crippen molar-refractivity contribution in [3.63, 3.8) is 0 Å².